The van der Waals surface area contributed by atoms with Gasteiger partial charge < -0.3 is 19.8 Å². The molecule has 6 nitrogen and oxygen atoms in total. The largest absolute Gasteiger partial charge is 0.493 e. The standard InChI is InChI=1S/C21H22N2O4/c1-26-18-8-7-14(11-19(18)27-2)12-20(24)22-10-9-16-13-15-5-3-4-6-17(15)23-21(16)25/h3-8,11,13H,9-10,12H2,1-2H3,(H,22,24)(H,23,25). The zero-order valence-corrected chi connectivity index (χ0v) is 15.4. The second-order valence-electron chi connectivity index (χ2n) is 6.18. The van der Waals surface area contributed by atoms with Crippen LogP contribution in [-0.2, 0) is 17.6 Å². The van der Waals surface area contributed by atoms with Crippen molar-refractivity contribution in [1.82, 2.24) is 10.3 Å². The van der Waals surface area contributed by atoms with Crippen molar-refractivity contribution in [2.75, 3.05) is 20.8 Å². The Labute approximate surface area is 157 Å². The first-order chi connectivity index (χ1) is 13.1. The molecule has 0 unspecified atom stereocenters. The summed E-state index contributed by atoms with van der Waals surface area (Å²) in [7, 11) is 3.13. The Bertz CT molecular complexity index is 1010. The molecular weight excluding hydrogens is 344 g/mol. The number of rotatable bonds is 7. The Morgan fingerprint density at radius 1 is 1.04 bits per heavy atom. The zero-order chi connectivity index (χ0) is 19.2. The van der Waals surface area contributed by atoms with Gasteiger partial charge in [-0.1, -0.05) is 24.3 Å². The molecule has 1 heterocycles. The van der Waals surface area contributed by atoms with Crippen LogP contribution in [0, 0.1) is 0 Å². The second-order valence-corrected chi connectivity index (χ2v) is 6.18. The number of hydrogen-bond donors (Lipinski definition) is 2. The van der Waals surface area contributed by atoms with Crippen molar-refractivity contribution < 1.29 is 14.3 Å². The first-order valence-electron chi connectivity index (χ1n) is 8.69. The number of para-hydroxylation sites is 1. The van der Waals surface area contributed by atoms with Gasteiger partial charge in [-0.05, 0) is 41.6 Å². The van der Waals surface area contributed by atoms with Crippen molar-refractivity contribution in [3.8, 4) is 11.5 Å². The molecule has 2 N–H and O–H groups in total. The fraction of sp³-hybridized carbons (Fsp3) is 0.238. The third kappa shape index (κ3) is 4.47. The number of carbonyl (C=O) groups is 1. The Morgan fingerprint density at radius 3 is 2.59 bits per heavy atom. The molecule has 6 heteroatoms. The first kappa shape index (κ1) is 18.5. The maximum Gasteiger partial charge on any atom is 0.251 e. The summed E-state index contributed by atoms with van der Waals surface area (Å²) < 4.78 is 10.4. The van der Waals surface area contributed by atoms with Crippen molar-refractivity contribution in [3.05, 3.63) is 70.0 Å². The smallest absolute Gasteiger partial charge is 0.251 e. The number of pyridine rings is 1. The monoisotopic (exact) mass is 366 g/mol. The molecule has 0 radical (unpaired) electrons. The van der Waals surface area contributed by atoms with E-state index in [0.717, 1.165) is 16.5 Å². The molecular formula is C21H22N2O4. The minimum atomic E-state index is -0.122. The fourth-order valence-electron chi connectivity index (χ4n) is 2.95. The van der Waals surface area contributed by atoms with Gasteiger partial charge in [0, 0.05) is 17.6 Å². The molecule has 1 amide bonds. The summed E-state index contributed by atoms with van der Waals surface area (Å²) in [5.41, 5.74) is 2.17. The van der Waals surface area contributed by atoms with Gasteiger partial charge in [-0.15, -0.1) is 0 Å². The third-order valence-corrected chi connectivity index (χ3v) is 4.36. The number of nitrogens with one attached hydrogen (secondary N) is 2. The third-order valence-electron chi connectivity index (χ3n) is 4.36. The van der Waals surface area contributed by atoms with Crippen LogP contribution in [0.4, 0.5) is 0 Å². The zero-order valence-electron chi connectivity index (χ0n) is 15.4. The number of hydrogen-bond acceptors (Lipinski definition) is 4. The van der Waals surface area contributed by atoms with Gasteiger partial charge in [0.1, 0.15) is 0 Å². The highest BCUT2D eigenvalue weighted by molar-refractivity contribution is 5.79. The van der Waals surface area contributed by atoms with Crippen molar-refractivity contribution in [1.29, 1.82) is 0 Å². The molecule has 0 fully saturated rings. The van der Waals surface area contributed by atoms with Crippen LogP contribution in [-0.4, -0.2) is 31.7 Å². The topological polar surface area (TPSA) is 80.4 Å². The van der Waals surface area contributed by atoms with Crippen LogP contribution in [0.5, 0.6) is 11.5 Å². The molecule has 0 bridgehead atoms. The van der Waals surface area contributed by atoms with Gasteiger partial charge in [-0.3, -0.25) is 9.59 Å². The number of methoxy groups -OCH3 is 2. The minimum Gasteiger partial charge on any atom is -0.493 e. The van der Waals surface area contributed by atoms with E-state index in [0.29, 0.717) is 30.0 Å². The summed E-state index contributed by atoms with van der Waals surface area (Å²) in [6.45, 7) is 0.396. The maximum atomic E-state index is 12.2. The summed E-state index contributed by atoms with van der Waals surface area (Å²) in [6.07, 6.45) is 0.701. The molecule has 0 saturated heterocycles. The molecule has 0 spiro atoms. The van der Waals surface area contributed by atoms with E-state index in [-0.39, 0.29) is 17.9 Å². The highest BCUT2D eigenvalue weighted by Gasteiger charge is 2.09. The van der Waals surface area contributed by atoms with Crippen LogP contribution < -0.4 is 20.3 Å². The van der Waals surface area contributed by atoms with Gasteiger partial charge in [0.25, 0.3) is 5.56 Å². The lowest BCUT2D eigenvalue weighted by Gasteiger charge is -2.10. The van der Waals surface area contributed by atoms with E-state index in [1.54, 1.807) is 26.4 Å². The van der Waals surface area contributed by atoms with Crippen LogP contribution in [0.25, 0.3) is 10.9 Å². The van der Waals surface area contributed by atoms with Crippen LogP contribution >= 0.6 is 0 Å². The van der Waals surface area contributed by atoms with E-state index in [1.807, 2.05) is 36.4 Å². The quantitative estimate of drug-likeness (QED) is 0.673. The number of H-pyrrole nitrogens is 1. The molecule has 140 valence electrons. The minimum absolute atomic E-state index is 0.112. The molecule has 0 saturated carbocycles. The number of ether oxygens (including phenoxy) is 2. The number of benzene rings is 2. The van der Waals surface area contributed by atoms with E-state index >= 15 is 0 Å². The molecule has 3 aromatic rings. The van der Waals surface area contributed by atoms with Crippen molar-refractivity contribution in [2.24, 2.45) is 0 Å². The van der Waals surface area contributed by atoms with E-state index < -0.39 is 0 Å². The highest BCUT2D eigenvalue weighted by atomic mass is 16.5. The Morgan fingerprint density at radius 2 is 1.81 bits per heavy atom. The van der Waals surface area contributed by atoms with Crippen molar-refractivity contribution >= 4 is 16.8 Å². The lowest BCUT2D eigenvalue weighted by atomic mass is 10.1. The van der Waals surface area contributed by atoms with E-state index in [4.69, 9.17) is 9.47 Å². The molecule has 2 aromatic carbocycles. The van der Waals surface area contributed by atoms with Gasteiger partial charge in [0.2, 0.25) is 5.91 Å². The first-order valence-corrected chi connectivity index (χ1v) is 8.69. The molecule has 3 rings (SSSR count). The number of aromatic nitrogens is 1. The SMILES string of the molecule is COc1ccc(CC(=O)NCCc2cc3ccccc3[nH]c2=O)cc1OC. The summed E-state index contributed by atoms with van der Waals surface area (Å²) in [4.78, 5) is 27.2. The van der Waals surface area contributed by atoms with Crippen molar-refractivity contribution in [3.63, 3.8) is 0 Å². The second kappa shape index (κ2) is 8.40. The van der Waals surface area contributed by atoms with E-state index in [1.165, 1.54) is 0 Å². The normalized spacial score (nSPS) is 10.6. The summed E-state index contributed by atoms with van der Waals surface area (Å²) in [5.74, 6) is 1.10. The predicted molar refractivity (Wildman–Crippen MR) is 105 cm³/mol. The maximum absolute atomic E-state index is 12.2. The van der Waals surface area contributed by atoms with Gasteiger partial charge in [0.05, 0.1) is 20.6 Å². The summed E-state index contributed by atoms with van der Waals surface area (Å²) >= 11 is 0. The average Bonchev–Trinajstić information content (AvgIpc) is 2.68. The number of amides is 1. The van der Waals surface area contributed by atoms with Crippen LogP contribution in [0.1, 0.15) is 11.1 Å². The lowest BCUT2D eigenvalue weighted by molar-refractivity contribution is -0.120. The Kier molecular flexibility index (Phi) is 5.76. The summed E-state index contributed by atoms with van der Waals surface area (Å²) in [6, 6.07) is 14.9. The van der Waals surface area contributed by atoms with E-state index in [2.05, 4.69) is 10.3 Å². The van der Waals surface area contributed by atoms with Gasteiger partial charge in [-0.2, -0.15) is 0 Å². The summed E-state index contributed by atoms with van der Waals surface area (Å²) in [5, 5.41) is 3.83. The molecule has 0 aliphatic heterocycles. The molecule has 0 atom stereocenters. The molecule has 0 aliphatic rings. The molecule has 1 aromatic heterocycles. The van der Waals surface area contributed by atoms with Crippen LogP contribution in [0.3, 0.4) is 0 Å². The lowest BCUT2D eigenvalue weighted by Crippen LogP contribution is -2.28. The van der Waals surface area contributed by atoms with Crippen LogP contribution in [0.15, 0.2) is 53.3 Å². The van der Waals surface area contributed by atoms with Gasteiger partial charge >= 0.3 is 0 Å². The van der Waals surface area contributed by atoms with Crippen LogP contribution in [0.2, 0.25) is 0 Å². The average molecular weight is 366 g/mol. The Balaban J connectivity index is 1.58. The molecule has 27 heavy (non-hydrogen) atoms. The fourth-order valence-corrected chi connectivity index (χ4v) is 2.95. The number of fused-ring (bicyclic) bond motifs is 1. The molecule has 0 aliphatic carbocycles. The predicted octanol–water partition coefficient (Wildman–Crippen LogP) is 2.45. The van der Waals surface area contributed by atoms with Crippen molar-refractivity contribution in [2.45, 2.75) is 12.8 Å². The highest BCUT2D eigenvalue weighted by Crippen LogP contribution is 2.27. The van der Waals surface area contributed by atoms with E-state index in [9.17, 15) is 9.59 Å². The Hall–Kier alpha value is -3.28. The number of aromatic amines is 1. The van der Waals surface area contributed by atoms with Gasteiger partial charge in [0.15, 0.2) is 11.5 Å². The number of carbonyl (C=O) groups excluding carboxylic acids is 1. The van der Waals surface area contributed by atoms with Gasteiger partial charge in [-0.25, -0.2) is 0 Å².